The van der Waals surface area contributed by atoms with Crippen molar-refractivity contribution < 1.29 is 13.2 Å². The average Bonchev–Trinajstić information content (AvgIpc) is 2.67. The molecule has 0 amide bonds. The van der Waals surface area contributed by atoms with Crippen LogP contribution >= 0.6 is 11.3 Å². The van der Waals surface area contributed by atoms with Crippen molar-refractivity contribution in [3.8, 4) is 0 Å². The summed E-state index contributed by atoms with van der Waals surface area (Å²) in [6.07, 6.45) is 0. The Morgan fingerprint density at radius 2 is 1.74 bits per heavy atom. The quantitative estimate of drug-likeness (QED) is 0.874. The molecule has 1 N–H and O–H groups in total. The second-order valence-electron chi connectivity index (χ2n) is 4.20. The lowest BCUT2D eigenvalue weighted by Gasteiger charge is -2.15. The molecule has 2 aromatic rings. The maximum absolute atomic E-state index is 13.8. The van der Waals surface area contributed by atoms with Gasteiger partial charge in [-0.2, -0.15) is 0 Å². The van der Waals surface area contributed by atoms with E-state index < -0.39 is 23.5 Å². The zero-order chi connectivity index (χ0) is 14.2. The van der Waals surface area contributed by atoms with Crippen LogP contribution < -0.4 is 5.32 Å². The van der Waals surface area contributed by atoms with E-state index in [1.165, 1.54) is 11.3 Å². The molecule has 102 valence electrons. The molecule has 0 aliphatic carbocycles. The second kappa shape index (κ2) is 5.30. The molecule has 0 spiro atoms. The van der Waals surface area contributed by atoms with E-state index in [2.05, 4.69) is 10.3 Å². The number of benzene rings is 1. The van der Waals surface area contributed by atoms with Gasteiger partial charge in [0.25, 0.3) is 0 Å². The number of hydrogen-bond donors (Lipinski definition) is 1. The SMILES string of the molecule is CNC(c1nc(C)c(C)s1)c1cc(F)c(F)cc1F. The van der Waals surface area contributed by atoms with Gasteiger partial charge in [-0.15, -0.1) is 11.3 Å². The Morgan fingerprint density at radius 3 is 2.26 bits per heavy atom. The van der Waals surface area contributed by atoms with Gasteiger partial charge in [0.1, 0.15) is 10.8 Å². The Labute approximate surface area is 113 Å². The smallest absolute Gasteiger partial charge is 0.161 e. The third-order valence-corrected chi connectivity index (χ3v) is 4.07. The minimum Gasteiger partial charge on any atom is -0.307 e. The van der Waals surface area contributed by atoms with E-state index >= 15 is 0 Å². The monoisotopic (exact) mass is 286 g/mol. The summed E-state index contributed by atoms with van der Waals surface area (Å²) >= 11 is 1.40. The number of nitrogens with zero attached hydrogens (tertiary/aromatic N) is 1. The zero-order valence-corrected chi connectivity index (χ0v) is 11.5. The van der Waals surface area contributed by atoms with E-state index in [9.17, 15) is 13.2 Å². The first-order valence-corrected chi connectivity index (χ1v) is 6.51. The first-order valence-electron chi connectivity index (χ1n) is 5.69. The largest absolute Gasteiger partial charge is 0.307 e. The van der Waals surface area contributed by atoms with Gasteiger partial charge in [-0.05, 0) is 27.0 Å². The molecule has 19 heavy (non-hydrogen) atoms. The van der Waals surface area contributed by atoms with Gasteiger partial charge >= 0.3 is 0 Å². The first-order chi connectivity index (χ1) is 8.93. The molecule has 0 bridgehead atoms. The number of aromatic nitrogens is 1. The van der Waals surface area contributed by atoms with Crippen molar-refractivity contribution >= 4 is 11.3 Å². The Balaban J connectivity index is 2.50. The highest BCUT2D eigenvalue weighted by molar-refractivity contribution is 7.11. The summed E-state index contributed by atoms with van der Waals surface area (Å²) in [5, 5.41) is 3.51. The predicted molar refractivity (Wildman–Crippen MR) is 68.8 cm³/mol. The van der Waals surface area contributed by atoms with Gasteiger partial charge in [-0.1, -0.05) is 0 Å². The van der Waals surface area contributed by atoms with E-state index in [1.807, 2.05) is 13.8 Å². The number of aryl methyl sites for hydroxylation is 2. The van der Waals surface area contributed by atoms with E-state index in [1.54, 1.807) is 7.05 Å². The van der Waals surface area contributed by atoms with Crippen LogP contribution in [0.5, 0.6) is 0 Å². The van der Waals surface area contributed by atoms with Crippen LogP contribution in [0.4, 0.5) is 13.2 Å². The van der Waals surface area contributed by atoms with Crippen LogP contribution in [0, 0.1) is 31.3 Å². The molecule has 2 rings (SSSR count). The Morgan fingerprint density at radius 1 is 1.11 bits per heavy atom. The van der Waals surface area contributed by atoms with E-state index in [0.29, 0.717) is 11.1 Å². The molecule has 6 heteroatoms. The van der Waals surface area contributed by atoms with Gasteiger partial charge < -0.3 is 5.32 Å². The fraction of sp³-hybridized carbons (Fsp3) is 0.308. The van der Waals surface area contributed by atoms with Gasteiger partial charge in [0, 0.05) is 16.5 Å². The highest BCUT2D eigenvalue weighted by Gasteiger charge is 2.22. The summed E-state index contributed by atoms with van der Waals surface area (Å²) in [4.78, 5) is 5.34. The van der Waals surface area contributed by atoms with Gasteiger partial charge in [-0.25, -0.2) is 18.2 Å². The molecule has 1 aromatic heterocycles. The van der Waals surface area contributed by atoms with Gasteiger partial charge in [0.05, 0.1) is 11.7 Å². The number of thiazole rings is 1. The van der Waals surface area contributed by atoms with Crippen molar-refractivity contribution in [3.63, 3.8) is 0 Å². The maximum Gasteiger partial charge on any atom is 0.161 e. The Kier molecular flexibility index (Phi) is 3.91. The van der Waals surface area contributed by atoms with Gasteiger partial charge in [0.2, 0.25) is 0 Å². The van der Waals surface area contributed by atoms with Crippen molar-refractivity contribution in [2.24, 2.45) is 0 Å². The zero-order valence-electron chi connectivity index (χ0n) is 10.7. The Hall–Kier alpha value is -1.40. The number of rotatable bonds is 3. The van der Waals surface area contributed by atoms with E-state index in [-0.39, 0.29) is 5.56 Å². The second-order valence-corrected chi connectivity index (χ2v) is 5.44. The van der Waals surface area contributed by atoms with Gasteiger partial charge in [0.15, 0.2) is 11.6 Å². The minimum absolute atomic E-state index is 0.0511. The number of halogens is 3. The lowest BCUT2D eigenvalue weighted by molar-refractivity contribution is 0.483. The van der Waals surface area contributed by atoms with Crippen molar-refractivity contribution in [2.75, 3.05) is 7.05 Å². The minimum atomic E-state index is -1.19. The molecular weight excluding hydrogens is 273 g/mol. The molecule has 2 nitrogen and oxygen atoms in total. The normalized spacial score (nSPS) is 12.7. The highest BCUT2D eigenvalue weighted by atomic mass is 32.1. The maximum atomic E-state index is 13.8. The average molecular weight is 286 g/mol. The molecule has 1 aromatic carbocycles. The molecular formula is C13H13F3N2S. The van der Waals surface area contributed by atoms with Crippen LogP contribution in [0.2, 0.25) is 0 Å². The number of nitrogens with one attached hydrogen (secondary N) is 1. The summed E-state index contributed by atoms with van der Waals surface area (Å²) < 4.78 is 40.0. The third kappa shape index (κ3) is 2.64. The number of hydrogen-bond acceptors (Lipinski definition) is 3. The third-order valence-electron chi connectivity index (χ3n) is 2.93. The van der Waals surface area contributed by atoms with Crippen LogP contribution in [-0.4, -0.2) is 12.0 Å². The molecule has 1 unspecified atom stereocenters. The van der Waals surface area contributed by atoms with Crippen LogP contribution in [0.3, 0.4) is 0 Å². The summed E-state index contributed by atoms with van der Waals surface area (Å²) in [7, 11) is 1.62. The fourth-order valence-corrected chi connectivity index (χ4v) is 2.84. The molecule has 0 aliphatic heterocycles. The molecule has 1 heterocycles. The standard InChI is InChI=1S/C13H13F3N2S/c1-6-7(2)19-13(18-6)12(17-3)8-4-10(15)11(16)5-9(8)14/h4-5,12,17H,1-3H3. The summed E-state index contributed by atoms with van der Waals surface area (Å²) in [6.45, 7) is 3.76. The summed E-state index contributed by atoms with van der Waals surface area (Å²) in [6, 6.07) is 0.841. The lowest BCUT2D eigenvalue weighted by atomic mass is 10.1. The summed E-state index contributed by atoms with van der Waals surface area (Å²) in [5.41, 5.74) is 0.901. The van der Waals surface area contributed by atoms with E-state index in [0.717, 1.165) is 16.6 Å². The molecule has 1 atom stereocenters. The fourth-order valence-electron chi connectivity index (χ4n) is 1.79. The predicted octanol–water partition coefficient (Wildman–Crippen LogP) is 3.49. The topological polar surface area (TPSA) is 24.9 Å². The van der Waals surface area contributed by atoms with Crippen LogP contribution in [-0.2, 0) is 0 Å². The highest BCUT2D eigenvalue weighted by Crippen LogP contribution is 2.30. The summed E-state index contributed by atoms with van der Waals surface area (Å²) in [5.74, 6) is -3.05. The van der Waals surface area contributed by atoms with Crippen LogP contribution in [0.25, 0.3) is 0 Å². The van der Waals surface area contributed by atoms with Crippen molar-refractivity contribution in [1.82, 2.24) is 10.3 Å². The molecule has 0 saturated carbocycles. The Bertz CT molecular complexity index is 591. The van der Waals surface area contributed by atoms with Crippen LogP contribution in [0.1, 0.15) is 27.2 Å². The van der Waals surface area contributed by atoms with Gasteiger partial charge in [-0.3, -0.25) is 0 Å². The molecule has 0 fully saturated rings. The van der Waals surface area contributed by atoms with Crippen molar-refractivity contribution in [1.29, 1.82) is 0 Å². The first kappa shape index (κ1) is 14.0. The molecule has 0 radical (unpaired) electrons. The molecule has 0 saturated heterocycles. The lowest BCUT2D eigenvalue weighted by Crippen LogP contribution is -2.19. The van der Waals surface area contributed by atoms with Crippen molar-refractivity contribution in [2.45, 2.75) is 19.9 Å². The van der Waals surface area contributed by atoms with Crippen LogP contribution in [0.15, 0.2) is 12.1 Å². The van der Waals surface area contributed by atoms with Crippen molar-refractivity contribution in [3.05, 3.63) is 50.7 Å². The van der Waals surface area contributed by atoms with E-state index in [4.69, 9.17) is 0 Å². The molecule has 0 aliphatic rings.